The van der Waals surface area contributed by atoms with Crippen LogP contribution >= 0.6 is 28.1 Å². The third-order valence-corrected chi connectivity index (χ3v) is 4.32. The molecule has 0 bridgehead atoms. The SMILES string of the molecule is CC1CCCCC1NC(=S)Nc1ccc(Br)cc1F. The van der Waals surface area contributed by atoms with Gasteiger partial charge in [-0.1, -0.05) is 35.7 Å². The van der Waals surface area contributed by atoms with Crippen LogP contribution in [0.5, 0.6) is 0 Å². The smallest absolute Gasteiger partial charge is 0.171 e. The Kier molecular flexibility index (Phi) is 5.16. The lowest BCUT2D eigenvalue weighted by atomic mass is 9.86. The summed E-state index contributed by atoms with van der Waals surface area (Å²) in [5.74, 6) is 0.304. The molecule has 1 aliphatic rings. The van der Waals surface area contributed by atoms with Crippen molar-refractivity contribution in [1.29, 1.82) is 0 Å². The second kappa shape index (κ2) is 6.66. The lowest BCUT2D eigenvalue weighted by Crippen LogP contribution is -2.43. The Morgan fingerprint density at radius 3 is 2.79 bits per heavy atom. The van der Waals surface area contributed by atoms with Crippen molar-refractivity contribution >= 4 is 38.9 Å². The van der Waals surface area contributed by atoms with Crippen molar-refractivity contribution in [2.45, 2.75) is 38.6 Å². The fourth-order valence-electron chi connectivity index (χ4n) is 2.45. The molecular weight excluding hydrogens is 327 g/mol. The number of anilines is 1. The first-order valence-electron chi connectivity index (χ1n) is 6.59. The summed E-state index contributed by atoms with van der Waals surface area (Å²) in [6.45, 7) is 2.24. The van der Waals surface area contributed by atoms with Gasteiger partial charge in [-0.3, -0.25) is 0 Å². The van der Waals surface area contributed by atoms with Gasteiger partial charge in [-0.2, -0.15) is 0 Å². The van der Waals surface area contributed by atoms with E-state index in [0.29, 0.717) is 22.8 Å². The summed E-state index contributed by atoms with van der Waals surface area (Å²) in [6.07, 6.45) is 4.89. The zero-order valence-electron chi connectivity index (χ0n) is 10.9. The molecule has 2 rings (SSSR count). The summed E-state index contributed by atoms with van der Waals surface area (Å²) >= 11 is 8.50. The van der Waals surface area contributed by atoms with Gasteiger partial charge in [-0.05, 0) is 49.2 Å². The Morgan fingerprint density at radius 2 is 2.11 bits per heavy atom. The van der Waals surface area contributed by atoms with E-state index in [4.69, 9.17) is 12.2 Å². The van der Waals surface area contributed by atoms with Crippen molar-refractivity contribution in [3.63, 3.8) is 0 Å². The summed E-state index contributed by atoms with van der Waals surface area (Å²) < 4.78 is 14.4. The van der Waals surface area contributed by atoms with Gasteiger partial charge >= 0.3 is 0 Å². The molecule has 1 aliphatic carbocycles. The third-order valence-electron chi connectivity index (χ3n) is 3.61. The van der Waals surface area contributed by atoms with Crippen LogP contribution in [0.1, 0.15) is 32.6 Å². The number of rotatable bonds is 2. The Hall–Kier alpha value is -0.680. The fraction of sp³-hybridized carbons (Fsp3) is 0.500. The van der Waals surface area contributed by atoms with E-state index in [9.17, 15) is 4.39 Å². The van der Waals surface area contributed by atoms with Crippen molar-refractivity contribution in [1.82, 2.24) is 5.32 Å². The standard InChI is InChI=1S/C14H18BrFN2S/c1-9-4-2-3-5-12(9)17-14(19)18-13-7-6-10(15)8-11(13)16/h6-9,12H,2-5H2,1H3,(H2,17,18,19). The second-order valence-corrected chi connectivity index (χ2v) is 6.41. The van der Waals surface area contributed by atoms with Gasteiger partial charge < -0.3 is 10.6 Å². The molecule has 19 heavy (non-hydrogen) atoms. The van der Waals surface area contributed by atoms with E-state index in [1.54, 1.807) is 12.1 Å². The number of nitrogens with one attached hydrogen (secondary N) is 2. The van der Waals surface area contributed by atoms with Crippen LogP contribution in [0.3, 0.4) is 0 Å². The van der Waals surface area contributed by atoms with Gasteiger partial charge in [0.1, 0.15) is 5.82 Å². The average Bonchev–Trinajstić information content (AvgIpc) is 2.36. The van der Waals surface area contributed by atoms with Crippen LogP contribution in [-0.2, 0) is 0 Å². The largest absolute Gasteiger partial charge is 0.359 e. The number of thiocarbonyl (C=S) groups is 1. The molecule has 0 amide bonds. The minimum atomic E-state index is -0.310. The quantitative estimate of drug-likeness (QED) is 0.775. The lowest BCUT2D eigenvalue weighted by molar-refractivity contribution is 0.309. The van der Waals surface area contributed by atoms with E-state index in [1.165, 1.54) is 25.3 Å². The second-order valence-electron chi connectivity index (χ2n) is 5.09. The van der Waals surface area contributed by atoms with Crippen LogP contribution in [-0.4, -0.2) is 11.2 Å². The van der Waals surface area contributed by atoms with Gasteiger partial charge in [0.2, 0.25) is 0 Å². The fourth-order valence-corrected chi connectivity index (χ4v) is 3.04. The first kappa shape index (κ1) is 14.7. The normalized spacial score (nSPS) is 22.9. The van der Waals surface area contributed by atoms with Crippen LogP contribution in [0.2, 0.25) is 0 Å². The van der Waals surface area contributed by atoms with E-state index in [0.717, 1.165) is 10.9 Å². The van der Waals surface area contributed by atoms with Crippen LogP contribution < -0.4 is 10.6 Å². The Labute approximate surface area is 127 Å². The highest BCUT2D eigenvalue weighted by Crippen LogP contribution is 2.24. The minimum absolute atomic E-state index is 0.310. The lowest BCUT2D eigenvalue weighted by Gasteiger charge is -2.30. The molecule has 2 N–H and O–H groups in total. The molecule has 0 heterocycles. The molecule has 2 atom stereocenters. The molecule has 0 spiro atoms. The van der Waals surface area contributed by atoms with E-state index < -0.39 is 0 Å². The predicted octanol–water partition coefficient (Wildman–Crippen LogP) is 4.45. The summed E-state index contributed by atoms with van der Waals surface area (Å²) in [6, 6.07) is 5.29. The molecule has 0 aliphatic heterocycles. The topological polar surface area (TPSA) is 24.1 Å². The van der Waals surface area contributed by atoms with Crippen LogP contribution in [0.15, 0.2) is 22.7 Å². The zero-order chi connectivity index (χ0) is 13.8. The predicted molar refractivity (Wildman–Crippen MR) is 84.9 cm³/mol. The molecule has 1 saturated carbocycles. The molecule has 1 fully saturated rings. The van der Waals surface area contributed by atoms with Crippen molar-refractivity contribution in [2.75, 3.05) is 5.32 Å². The first-order valence-corrected chi connectivity index (χ1v) is 7.79. The molecule has 5 heteroatoms. The van der Waals surface area contributed by atoms with Crippen molar-refractivity contribution in [2.24, 2.45) is 5.92 Å². The van der Waals surface area contributed by atoms with E-state index in [1.807, 2.05) is 0 Å². The first-order chi connectivity index (χ1) is 9.06. The number of halogens is 2. The Balaban J connectivity index is 1.93. The molecule has 2 nitrogen and oxygen atoms in total. The van der Waals surface area contributed by atoms with Gasteiger partial charge in [-0.25, -0.2) is 4.39 Å². The molecule has 0 saturated heterocycles. The van der Waals surface area contributed by atoms with Gasteiger partial charge in [0.15, 0.2) is 5.11 Å². The Bertz CT molecular complexity index is 467. The maximum absolute atomic E-state index is 13.7. The summed E-state index contributed by atoms with van der Waals surface area (Å²) in [5.41, 5.74) is 0.407. The minimum Gasteiger partial charge on any atom is -0.359 e. The van der Waals surface area contributed by atoms with Crippen LogP contribution in [0.25, 0.3) is 0 Å². The van der Waals surface area contributed by atoms with Gasteiger partial charge in [0, 0.05) is 10.5 Å². The highest BCUT2D eigenvalue weighted by molar-refractivity contribution is 9.10. The molecule has 0 radical (unpaired) electrons. The van der Waals surface area contributed by atoms with Crippen LogP contribution in [0.4, 0.5) is 10.1 Å². The van der Waals surface area contributed by atoms with Crippen molar-refractivity contribution in [3.05, 3.63) is 28.5 Å². The zero-order valence-corrected chi connectivity index (χ0v) is 13.3. The summed E-state index contributed by atoms with van der Waals surface area (Å²) in [7, 11) is 0. The summed E-state index contributed by atoms with van der Waals surface area (Å²) in [5, 5.41) is 6.73. The maximum atomic E-state index is 13.7. The highest BCUT2D eigenvalue weighted by atomic mass is 79.9. The monoisotopic (exact) mass is 344 g/mol. The number of benzene rings is 1. The van der Waals surface area contributed by atoms with E-state index >= 15 is 0 Å². The van der Waals surface area contributed by atoms with Crippen molar-refractivity contribution < 1.29 is 4.39 Å². The molecule has 104 valence electrons. The molecule has 2 unspecified atom stereocenters. The molecule has 1 aromatic carbocycles. The number of hydrogen-bond acceptors (Lipinski definition) is 1. The average molecular weight is 345 g/mol. The van der Waals surface area contributed by atoms with Crippen molar-refractivity contribution in [3.8, 4) is 0 Å². The molecular formula is C14H18BrFN2S. The molecule has 1 aromatic rings. The Morgan fingerprint density at radius 1 is 1.37 bits per heavy atom. The third kappa shape index (κ3) is 4.14. The van der Waals surface area contributed by atoms with E-state index in [-0.39, 0.29) is 5.82 Å². The maximum Gasteiger partial charge on any atom is 0.171 e. The highest BCUT2D eigenvalue weighted by Gasteiger charge is 2.21. The molecule has 0 aromatic heterocycles. The van der Waals surface area contributed by atoms with Gasteiger partial charge in [0.25, 0.3) is 0 Å². The number of hydrogen-bond donors (Lipinski definition) is 2. The summed E-state index contributed by atoms with van der Waals surface area (Å²) in [4.78, 5) is 0. The van der Waals surface area contributed by atoms with E-state index in [2.05, 4.69) is 33.5 Å². The van der Waals surface area contributed by atoms with Gasteiger partial charge in [0.05, 0.1) is 5.69 Å². The van der Waals surface area contributed by atoms with Crippen LogP contribution in [0, 0.1) is 11.7 Å². The van der Waals surface area contributed by atoms with Gasteiger partial charge in [-0.15, -0.1) is 0 Å².